The molecule has 1 heterocycles. The molecule has 0 atom stereocenters. The summed E-state index contributed by atoms with van der Waals surface area (Å²) in [6, 6.07) is 3.76. The average Bonchev–Trinajstić information content (AvgIpc) is 2.75. The van der Waals surface area contributed by atoms with Crippen LogP contribution in [0.2, 0.25) is 0 Å². The Labute approximate surface area is 123 Å². The van der Waals surface area contributed by atoms with Crippen LogP contribution in [0.4, 0.5) is 18.2 Å². The fraction of sp³-hybridized carbons (Fsp3) is 0. The Hall–Kier alpha value is -1.67. The molecule has 104 valence electrons. The summed E-state index contributed by atoms with van der Waals surface area (Å²) in [4.78, 5) is 23.6. The predicted octanol–water partition coefficient (Wildman–Crippen LogP) is 3.73. The lowest BCUT2D eigenvalue weighted by Gasteiger charge is -2.14. The SMILES string of the molecule is O=CN(C(=O)c1c(F)cc(F)cc1F)c1ccc(Br)s1. The average molecular weight is 364 g/mol. The van der Waals surface area contributed by atoms with Crippen molar-refractivity contribution in [2.75, 3.05) is 4.90 Å². The minimum absolute atomic E-state index is 0.142. The van der Waals surface area contributed by atoms with Crippen molar-refractivity contribution in [2.45, 2.75) is 0 Å². The molecule has 1 aromatic carbocycles. The molecule has 0 aliphatic rings. The van der Waals surface area contributed by atoms with Gasteiger partial charge >= 0.3 is 0 Å². The Morgan fingerprint density at radius 3 is 2.25 bits per heavy atom. The standard InChI is InChI=1S/C12H5BrF3NO2S/c13-9-1-2-10(20-9)17(5-18)12(19)11-7(15)3-6(14)4-8(11)16/h1-5H. The van der Waals surface area contributed by atoms with Crippen molar-refractivity contribution in [3.63, 3.8) is 0 Å². The number of rotatable bonds is 3. The highest BCUT2D eigenvalue weighted by molar-refractivity contribution is 9.11. The maximum absolute atomic E-state index is 13.5. The number of carbonyl (C=O) groups excluding carboxylic acids is 2. The lowest BCUT2D eigenvalue weighted by molar-refractivity contribution is -0.106. The van der Waals surface area contributed by atoms with E-state index < -0.39 is 28.9 Å². The van der Waals surface area contributed by atoms with Gasteiger partial charge in [-0.15, -0.1) is 11.3 Å². The first-order chi connectivity index (χ1) is 9.43. The van der Waals surface area contributed by atoms with E-state index in [1.165, 1.54) is 6.07 Å². The van der Waals surface area contributed by atoms with Crippen molar-refractivity contribution in [3.8, 4) is 0 Å². The van der Waals surface area contributed by atoms with Gasteiger partial charge in [-0.3, -0.25) is 9.59 Å². The highest BCUT2D eigenvalue weighted by Gasteiger charge is 2.26. The van der Waals surface area contributed by atoms with E-state index in [0.29, 0.717) is 20.8 Å². The zero-order valence-corrected chi connectivity index (χ0v) is 12.0. The molecule has 0 N–H and O–H groups in total. The number of hydrogen-bond donors (Lipinski definition) is 0. The number of nitrogens with zero attached hydrogens (tertiary/aromatic N) is 1. The topological polar surface area (TPSA) is 37.4 Å². The van der Waals surface area contributed by atoms with Crippen LogP contribution in [0.1, 0.15) is 10.4 Å². The second-order valence-corrected chi connectivity index (χ2v) is 6.04. The number of benzene rings is 1. The molecule has 8 heteroatoms. The normalized spacial score (nSPS) is 10.4. The molecule has 0 bridgehead atoms. The monoisotopic (exact) mass is 363 g/mol. The first-order valence-corrected chi connectivity index (χ1v) is 6.73. The minimum atomic E-state index is -1.37. The summed E-state index contributed by atoms with van der Waals surface area (Å²) in [6.45, 7) is 0. The number of halogens is 4. The van der Waals surface area contributed by atoms with E-state index in [2.05, 4.69) is 15.9 Å². The van der Waals surface area contributed by atoms with E-state index in [4.69, 9.17) is 0 Å². The molecule has 2 amide bonds. The van der Waals surface area contributed by atoms with Crippen LogP contribution >= 0.6 is 27.3 Å². The second-order valence-electron chi connectivity index (χ2n) is 3.60. The van der Waals surface area contributed by atoms with Crippen LogP contribution in [0.5, 0.6) is 0 Å². The van der Waals surface area contributed by atoms with E-state index in [1.54, 1.807) is 6.07 Å². The first-order valence-electron chi connectivity index (χ1n) is 5.12. The fourth-order valence-corrected chi connectivity index (χ4v) is 2.83. The van der Waals surface area contributed by atoms with Crippen LogP contribution in [0.25, 0.3) is 0 Å². The van der Waals surface area contributed by atoms with Gasteiger partial charge in [0.1, 0.15) is 28.0 Å². The molecule has 0 radical (unpaired) electrons. The van der Waals surface area contributed by atoms with Gasteiger partial charge in [-0.1, -0.05) is 0 Å². The van der Waals surface area contributed by atoms with Crippen LogP contribution < -0.4 is 4.90 Å². The lowest BCUT2D eigenvalue weighted by Crippen LogP contribution is -2.30. The van der Waals surface area contributed by atoms with Crippen molar-refractivity contribution in [2.24, 2.45) is 0 Å². The number of anilines is 1. The summed E-state index contributed by atoms with van der Waals surface area (Å²) in [5, 5.41) is 0.181. The van der Waals surface area contributed by atoms with Gasteiger partial charge in [-0.05, 0) is 28.1 Å². The molecule has 20 heavy (non-hydrogen) atoms. The van der Waals surface area contributed by atoms with Crippen LogP contribution in [0.15, 0.2) is 28.1 Å². The highest BCUT2D eigenvalue weighted by Crippen LogP contribution is 2.30. The number of imide groups is 1. The smallest absolute Gasteiger partial charge is 0.271 e. The minimum Gasteiger partial charge on any atom is -0.278 e. The molecule has 0 aliphatic heterocycles. The Balaban J connectivity index is 2.47. The van der Waals surface area contributed by atoms with Gasteiger partial charge in [0.2, 0.25) is 6.41 Å². The molecule has 0 aliphatic carbocycles. The third-order valence-electron chi connectivity index (χ3n) is 2.34. The number of carbonyl (C=O) groups is 2. The summed E-state index contributed by atoms with van der Waals surface area (Å²) in [5.74, 6) is -5.08. The van der Waals surface area contributed by atoms with Crippen molar-refractivity contribution in [1.29, 1.82) is 0 Å². The van der Waals surface area contributed by atoms with Gasteiger partial charge in [0.25, 0.3) is 5.91 Å². The first kappa shape index (κ1) is 14.7. The second kappa shape index (κ2) is 5.76. The molecule has 0 fully saturated rings. The van der Waals surface area contributed by atoms with Gasteiger partial charge in [0.15, 0.2) is 0 Å². The largest absolute Gasteiger partial charge is 0.278 e. The van der Waals surface area contributed by atoms with Crippen molar-refractivity contribution < 1.29 is 22.8 Å². The Morgan fingerprint density at radius 1 is 1.20 bits per heavy atom. The van der Waals surface area contributed by atoms with Crippen LogP contribution in [-0.4, -0.2) is 12.3 Å². The van der Waals surface area contributed by atoms with Crippen molar-refractivity contribution in [3.05, 3.63) is 51.1 Å². The van der Waals surface area contributed by atoms with Crippen molar-refractivity contribution in [1.82, 2.24) is 0 Å². The van der Waals surface area contributed by atoms with Gasteiger partial charge in [0.05, 0.1) is 3.79 Å². The lowest BCUT2D eigenvalue weighted by atomic mass is 10.1. The van der Waals surface area contributed by atoms with Gasteiger partial charge in [-0.2, -0.15) is 0 Å². The molecule has 1 aromatic heterocycles. The third kappa shape index (κ3) is 2.75. The molecule has 2 aromatic rings. The summed E-state index contributed by atoms with van der Waals surface area (Å²) in [7, 11) is 0. The molecule has 0 saturated carbocycles. The van der Waals surface area contributed by atoms with E-state index in [1.807, 2.05) is 0 Å². The number of thiophene rings is 1. The van der Waals surface area contributed by atoms with Gasteiger partial charge in [-0.25, -0.2) is 18.1 Å². The Kier molecular flexibility index (Phi) is 4.24. The molecular weight excluding hydrogens is 359 g/mol. The van der Waals surface area contributed by atoms with Crippen LogP contribution in [0.3, 0.4) is 0 Å². The van der Waals surface area contributed by atoms with Gasteiger partial charge in [0, 0.05) is 12.1 Å². The predicted molar refractivity (Wildman–Crippen MR) is 71.2 cm³/mol. The summed E-state index contributed by atoms with van der Waals surface area (Å²) < 4.78 is 40.5. The maximum atomic E-state index is 13.5. The molecule has 0 spiro atoms. The zero-order valence-electron chi connectivity index (χ0n) is 9.57. The van der Waals surface area contributed by atoms with Crippen LogP contribution in [0, 0.1) is 17.5 Å². The van der Waals surface area contributed by atoms with E-state index in [0.717, 1.165) is 11.3 Å². The molecule has 0 saturated heterocycles. The molecular formula is C12H5BrF3NO2S. The van der Waals surface area contributed by atoms with E-state index in [9.17, 15) is 22.8 Å². The summed E-state index contributed by atoms with van der Waals surface area (Å²) in [5.41, 5.74) is -0.983. The highest BCUT2D eigenvalue weighted by atomic mass is 79.9. The number of hydrogen-bond acceptors (Lipinski definition) is 3. The van der Waals surface area contributed by atoms with Crippen molar-refractivity contribution >= 4 is 44.6 Å². The Morgan fingerprint density at radius 2 is 1.80 bits per heavy atom. The van der Waals surface area contributed by atoms with Gasteiger partial charge < -0.3 is 0 Å². The van der Waals surface area contributed by atoms with E-state index >= 15 is 0 Å². The summed E-state index contributed by atoms with van der Waals surface area (Å²) in [6.07, 6.45) is 0.142. The Bertz CT molecular complexity index is 666. The molecule has 3 nitrogen and oxygen atoms in total. The molecule has 2 rings (SSSR count). The zero-order chi connectivity index (χ0) is 14.9. The summed E-state index contributed by atoms with van der Waals surface area (Å²) >= 11 is 4.17. The third-order valence-corrected chi connectivity index (χ3v) is 3.96. The molecule has 0 unspecified atom stereocenters. The number of amides is 2. The fourth-order valence-electron chi connectivity index (χ4n) is 1.50. The quantitative estimate of drug-likeness (QED) is 0.779. The van der Waals surface area contributed by atoms with Crippen LogP contribution in [-0.2, 0) is 4.79 Å². The maximum Gasteiger partial charge on any atom is 0.271 e. The van der Waals surface area contributed by atoms with E-state index in [-0.39, 0.29) is 11.4 Å².